The Morgan fingerprint density at radius 1 is 1.39 bits per heavy atom. The molecule has 0 saturated carbocycles. The Morgan fingerprint density at radius 3 is 2.70 bits per heavy atom. The lowest BCUT2D eigenvalue weighted by Crippen LogP contribution is -2.36. The summed E-state index contributed by atoms with van der Waals surface area (Å²) < 4.78 is 10.3. The topological polar surface area (TPSA) is 163 Å². The van der Waals surface area contributed by atoms with E-state index in [9.17, 15) is 14.4 Å². The summed E-state index contributed by atoms with van der Waals surface area (Å²) in [7, 11) is 3.72. The Labute approximate surface area is 196 Å². The van der Waals surface area contributed by atoms with E-state index in [0.29, 0.717) is 27.6 Å². The van der Waals surface area contributed by atoms with E-state index >= 15 is 0 Å². The third kappa shape index (κ3) is 5.64. The van der Waals surface area contributed by atoms with E-state index in [1.807, 2.05) is 0 Å². The van der Waals surface area contributed by atoms with Gasteiger partial charge in [-0.3, -0.25) is 14.9 Å². The van der Waals surface area contributed by atoms with Crippen LogP contribution in [0.15, 0.2) is 27.1 Å². The summed E-state index contributed by atoms with van der Waals surface area (Å²) in [5.41, 5.74) is -0.0136. The van der Waals surface area contributed by atoms with Gasteiger partial charge in [0.25, 0.3) is 5.91 Å². The fraction of sp³-hybridized carbons (Fsp3) is 0.368. The first-order valence-electron chi connectivity index (χ1n) is 10.1. The number of hydrogen-bond acceptors (Lipinski definition) is 11. The molecule has 1 aliphatic rings. The Balaban J connectivity index is 1.77. The number of hydrogen-bond donors (Lipinski definition) is 4. The number of nitrogens with zero attached hydrogens (tertiary/aromatic N) is 3. The monoisotopic (exact) mass is 491 g/mol. The van der Waals surface area contributed by atoms with Gasteiger partial charge in [0, 0.05) is 47.5 Å². The standard InChI is InChI=1S/C19H25N7O5SSi/c1-9(4-6-20)21-18-24-25-19(32-18)23-14(27)12-8-11(13(30-3)17(29)31-12)22-15(33)10-5-7-26(2)16(10)28/h4,6,8,10,15,20,22H,5,7H2,1-3,33H3,(H,21,24)(H,23,25,27)/b9-4-,20-6?/t10-,15?/m1/s1. The maximum atomic E-state index is 12.7. The summed E-state index contributed by atoms with van der Waals surface area (Å²) in [6.07, 6.45) is 3.39. The zero-order valence-electron chi connectivity index (χ0n) is 18.6. The van der Waals surface area contributed by atoms with Gasteiger partial charge in [-0.1, -0.05) is 11.3 Å². The Kier molecular flexibility index (Phi) is 7.60. The predicted molar refractivity (Wildman–Crippen MR) is 129 cm³/mol. The van der Waals surface area contributed by atoms with Crippen molar-refractivity contribution >= 4 is 55.6 Å². The number of aromatic nitrogens is 2. The van der Waals surface area contributed by atoms with Gasteiger partial charge in [-0.25, -0.2) is 4.79 Å². The molecule has 3 heterocycles. The van der Waals surface area contributed by atoms with E-state index in [0.717, 1.165) is 24.0 Å². The maximum Gasteiger partial charge on any atom is 0.381 e. The van der Waals surface area contributed by atoms with Crippen molar-refractivity contribution in [2.24, 2.45) is 5.92 Å². The number of rotatable bonds is 9. The first-order chi connectivity index (χ1) is 15.7. The molecule has 176 valence electrons. The van der Waals surface area contributed by atoms with Crippen LogP contribution in [0.1, 0.15) is 23.9 Å². The van der Waals surface area contributed by atoms with Gasteiger partial charge in [-0.15, -0.1) is 10.2 Å². The summed E-state index contributed by atoms with van der Waals surface area (Å²) in [5, 5.41) is 24.1. The molecule has 3 rings (SSSR count). The molecule has 1 saturated heterocycles. The number of allylic oxidation sites excluding steroid dienone is 2. The second-order valence-corrected chi connectivity index (χ2v) is 9.66. The van der Waals surface area contributed by atoms with Crippen LogP contribution < -0.4 is 26.3 Å². The maximum absolute atomic E-state index is 12.7. The minimum Gasteiger partial charge on any atom is -0.488 e. The zero-order valence-corrected chi connectivity index (χ0v) is 21.4. The normalized spacial score (nSPS) is 17.1. The molecule has 0 bridgehead atoms. The fourth-order valence-corrected chi connectivity index (χ4v) is 5.00. The molecular formula is C19H25N7O5SSi. The number of carbonyl (C=O) groups is 2. The van der Waals surface area contributed by atoms with Gasteiger partial charge in [-0.05, 0) is 19.4 Å². The van der Waals surface area contributed by atoms with Crippen LogP contribution in [0.2, 0.25) is 0 Å². The van der Waals surface area contributed by atoms with Gasteiger partial charge in [-0.2, -0.15) is 0 Å². The molecule has 2 atom stereocenters. The molecule has 1 unspecified atom stereocenters. The number of amides is 2. The van der Waals surface area contributed by atoms with Crippen molar-refractivity contribution < 1.29 is 18.7 Å². The highest BCUT2D eigenvalue weighted by Crippen LogP contribution is 2.27. The molecule has 33 heavy (non-hydrogen) atoms. The minimum absolute atomic E-state index is 0.0498. The molecule has 0 aromatic carbocycles. The van der Waals surface area contributed by atoms with Crippen LogP contribution in [0.5, 0.6) is 5.75 Å². The average Bonchev–Trinajstić information content (AvgIpc) is 3.33. The van der Waals surface area contributed by atoms with Crippen molar-refractivity contribution in [2.45, 2.75) is 19.0 Å². The molecular weight excluding hydrogens is 466 g/mol. The number of methoxy groups -OCH3 is 1. The van der Waals surface area contributed by atoms with Crippen molar-refractivity contribution in [1.29, 1.82) is 5.41 Å². The number of ether oxygens (including phenoxy) is 1. The quantitative estimate of drug-likeness (QED) is 0.285. The molecule has 2 aromatic rings. The van der Waals surface area contributed by atoms with E-state index in [-0.39, 0.29) is 39.8 Å². The van der Waals surface area contributed by atoms with Gasteiger partial charge in [0.05, 0.1) is 18.7 Å². The van der Waals surface area contributed by atoms with Gasteiger partial charge in [0.2, 0.25) is 21.9 Å². The number of anilines is 3. The van der Waals surface area contributed by atoms with Crippen LogP contribution in [-0.4, -0.2) is 69.7 Å². The van der Waals surface area contributed by atoms with Gasteiger partial charge in [0.15, 0.2) is 5.76 Å². The van der Waals surface area contributed by atoms with E-state index in [2.05, 4.69) is 26.1 Å². The van der Waals surface area contributed by atoms with E-state index in [1.54, 1.807) is 24.9 Å². The van der Waals surface area contributed by atoms with Crippen LogP contribution in [0.25, 0.3) is 0 Å². The second-order valence-electron chi connectivity index (χ2n) is 7.44. The second kappa shape index (κ2) is 10.4. The van der Waals surface area contributed by atoms with Crippen molar-refractivity contribution in [3.05, 3.63) is 34.0 Å². The number of nitrogens with one attached hydrogen (secondary N) is 4. The van der Waals surface area contributed by atoms with Crippen LogP contribution >= 0.6 is 11.3 Å². The first kappa shape index (κ1) is 24.1. The highest BCUT2D eigenvalue weighted by molar-refractivity contribution is 7.19. The van der Waals surface area contributed by atoms with Gasteiger partial charge >= 0.3 is 5.63 Å². The molecule has 4 N–H and O–H groups in total. The van der Waals surface area contributed by atoms with E-state index in [1.165, 1.54) is 13.2 Å². The lowest BCUT2D eigenvalue weighted by Gasteiger charge is -2.21. The van der Waals surface area contributed by atoms with Crippen molar-refractivity contribution in [2.75, 3.05) is 36.7 Å². The smallest absolute Gasteiger partial charge is 0.381 e. The molecule has 0 spiro atoms. The predicted octanol–water partition coefficient (Wildman–Crippen LogP) is 0.299. The van der Waals surface area contributed by atoms with Crippen molar-refractivity contribution in [3.8, 4) is 5.75 Å². The van der Waals surface area contributed by atoms with Gasteiger partial charge in [0.1, 0.15) is 0 Å². The molecule has 0 aliphatic carbocycles. The lowest BCUT2D eigenvalue weighted by atomic mass is 10.1. The Morgan fingerprint density at radius 2 is 2.09 bits per heavy atom. The van der Waals surface area contributed by atoms with E-state index in [4.69, 9.17) is 14.6 Å². The first-order valence-corrected chi connectivity index (χ1v) is 12.0. The van der Waals surface area contributed by atoms with Crippen LogP contribution in [0.3, 0.4) is 0 Å². The summed E-state index contributed by atoms with van der Waals surface area (Å²) >= 11 is 1.08. The molecule has 14 heteroatoms. The van der Waals surface area contributed by atoms with E-state index < -0.39 is 11.5 Å². The zero-order chi connectivity index (χ0) is 24.1. The average molecular weight is 492 g/mol. The number of carbonyl (C=O) groups excluding carboxylic acids is 2. The van der Waals surface area contributed by atoms with Crippen LogP contribution in [0, 0.1) is 11.3 Å². The molecule has 1 aliphatic heterocycles. The van der Waals surface area contributed by atoms with Crippen LogP contribution in [-0.2, 0) is 4.79 Å². The van der Waals surface area contributed by atoms with Crippen molar-refractivity contribution in [1.82, 2.24) is 15.1 Å². The number of likely N-dealkylation sites (tertiary alicyclic amines) is 1. The largest absolute Gasteiger partial charge is 0.488 e. The lowest BCUT2D eigenvalue weighted by molar-refractivity contribution is -0.129. The molecule has 1 fully saturated rings. The Hall–Kier alpha value is -3.52. The third-order valence-corrected chi connectivity index (χ3v) is 6.92. The van der Waals surface area contributed by atoms with Crippen molar-refractivity contribution in [3.63, 3.8) is 0 Å². The van der Waals surface area contributed by atoms with Crippen LogP contribution in [0.4, 0.5) is 16.0 Å². The summed E-state index contributed by atoms with van der Waals surface area (Å²) in [6.45, 7) is 2.44. The van der Waals surface area contributed by atoms with Gasteiger partial charge < -0.3 is 30.1 Å². The molecule has 0 radical (unpaired) electrons. The highest BCUT2D eigenvalue weighted by atomic mass is 32.1. The third-order valence-electron chi connectivity index (χ3n) is 5.07. The molecule has 2 amide bonds. The Bertz CT molecular complexity index is 1150. The highest BCUT2D eigenvalue weighted by Gasteiger charge is 2.34. The molecule has 12 nitrogen and oxygen atoms in total. The minimum atomic E-state index is -0.816. The summed E-state index contributed by atoms with van der Waals surface area (Å²) in [4.78, 5) is 39.1. The SMILES string of the molecule is COc1c(NC([SiH3])[C@H]2CCN(C)C2=O)cc(C(=O)Nc2nnc(N/C(C)=C\C=N)s2)oc1=O. The summed E-state index contributed by atoms with van der Waals surface area (Å²) in [5.74, 6) is -1.14. The fourth-order valence-electron chi connectivity index (χ4n) is 3.37. The molecule has 2 aromatic heterocycles. The summed E-state index contributed by atoms with van der Waals surface area (Å²) in [6, 6.07) is 1.38.